The fourth-order valence-corrected chi connectivity index (χ4v) is 3.55. The van der Waals surface area contributed by atoms with Crippen LogP contribution in [0.4, 0.5) is 0 Å². The van der Waals surface area contributed by atoms with E-state index in [1.54, 1.807) is 19.2 Å². The molecule has 0 aliphatic rings. The Morgan fingerprint density at radius 2 is 1.49 bits per heavy atom. The summed E-state index contributed by atoms with van der Waals surface area (Å²) in [7, 11) is 1.68. The quantitative estimate of drug-likeness (QED) is 0.378. The Bertz CT molecular complexity index is 1110. The van der Waals surface area contributed by atoms with Crippen molar-refractivity contribution in [3.05, 3.63) is 53.4 Å². The van der Waals surface area contributed by atoms with E-state index in [2.05, 4.69) is 43.1 Å². The lowest BCUT2D eigenvalue weighted by Gasteiger charge is -2.19. The van der Waals surface area contributed by atoms with Crippen LogP contribution in [0.3, 0.4) is 0 Å². The molecule has 0 bridgehead atoms. The zero-order chi connectivity index (χ0) is 25.6. The highest BCUT2D eigenvalue weighted by Crippen LogP contribution is 2.39. The Kier molecular flexibility index (Phi) is 8.38. The second-order valence-corrected chi connectivity index (χ2v) is 9.09. The maximum atomic E-state index is 13.2. The highest BCUT2D eigenvalue weighted by Gasteiger charge is 2.22. The number of carbonyl (C=O) groups is 1. The van der Waals surface area contributed by atoms with E-state index in [1.807, 2.05) is 32.9 Å². The lowest BCUT2D eigenvalue weighted by Crippen LogP contribution is -2.26. The third-order valence-electron chi connectivity index (χ3n) is 5.34. The van der Waals surface area contributed by atoms with Crippen molar-refractivity contribution in [1.29, 1.82) is 0 Å². The molecule has 0 unspecified atom stereocenters. The molecule has 0 aliphatic carbocycles. The molecule has 0 saturated heterocycles. The van der Waals surface area contributed by atoms with E-state index in [4.69, 9.17) is 18.6 Å². The van der Waals surface area contributed by atoms with Gasteiger partial charge in [0.05, 0.1) is 26.4 Å². The van der Waals surface area contributed by atoms with E-state index in [0.717, 1.165) is 5.56 Å². The minimum Gasteiger partial charge on any atom is -0.490 e. The molecule has 1 amide bonds. The van der Waals surface area contributed by atoms with E-state index in [0.29, 0.717) is 54.4 Å². The van der Waals surface area contributed by atoms with Crippen molar-refractivity contribution in [2.75, 3.05) is 26.9 Å². The first kappa shape index (κ1) is 26.1. The van der Waals surface area contributed by atoms with Crippen molar-refractivity contribution in [1.82, 2.24) is 15.1 Å². The molecule has 8 heteroatoms. The molecule has 0 radical (unpaired) electrons. The van der Waals surface area contributed by atoms with Crippen LogP contribution in [0.25, 0.3) is 11.5 Å². The smallest absolute Gasteiger partial charge is 0.254 e. The summed E-state index contributed by atoms with van der Waals surface area (Å²) in [6, 6.07) is 11.4. The molecule has 1 aromatic heterocycles. The second-order valence-electron chi connectivity index (χ2n) is 9.09. The summed E-state index contributed by atoms with van der Waals surface area (Å²) >= 11 is 0. The first-order valence-corrected chi connectivity index (χ1v) is 11.9. The Morgan fingerprint density at radius 3 is 2.00 bits per heavy atom. The number of aromatic nitrogens is 2. The number of amides is 1. The SMILES string of the molecule is CCOc1cc(C(=O)N(C)Cc2nnc(-c3ccc(C(C)(C)C)cc3)o2)cc(OCC)c1OCC. The molecule has 35 heavy (non-hydrogen) atoms. The number of rotatable bonds is 10. The molecule has 1 heterocycles. The van der Waals surface area contributed by atoms with E-state index in [9.17, 15) is 4.79 Å². The second kappa shape index (κ2) is 11.3. The van der Waals surface area contributed by atoms with Crippen LogP contribution in [0.1, 0.15) is 63.4 Å². The van der Waals surface area contributed by atoms with E-state index >= 15 is 0 Å². The Morgan fingerprint density at radius 1 is 0.914 bits per heavy atom. The molecule has 0 atom stereocenters. The van der Waals surface area contributed by atoms with Crippen molar-refractivity contribution in [3.63, 3.8) is 0 Å². The summed E-state index contributed by atoms with van der Waals surface area (Å²) in [4.78, 5) is 14.7. The summed E-state index contributed by atoms with van der Waals surface area (Å²) in [6.07, 6.45) is 0. The van der Waals surface area contributed by atoms with Crippen molar-refractivity contribution in [3.8, 4) is 28.7 Å². The van der Waals surface area contributed by atoms with Crippen molar-refractivity contribution >= 4 is 5.91 Å². The molecule has 2 aromatic carbocycles. The Labute approximate surface area is 207 Å². The highest BCUT2D eigenvalue weighted by molar-refractivity contribution is 5.95. The molecule has 0 saturated carbocycles. The summed E-state index contributed by atoms with van der Waals surface area (Å²) in [5, 5.41) is 8.29. The first-order valence-electron chi connectivity index (χ1n) is 11.9. The van der Waals surface area contributed by atoms with Crippen LogP contribution in [0, 0.1) is 0 Å². The van der Waals surface area contributed by atoms with Gasteiger partial charge in [0.2, 0.25) is 17.5 Å². The number of nitrogens with zero attached hydrogens (tertiary/aromatic N) is 3. The number of hydrogen-bond acceptors (Lipinski definition) is 7. The third-order valence-corrected chi connectivity index (χ3v) is 5.34. The molecular formula is C27H35N3O5. The van der Waals surface area contributed by atoms with Gasteiger partial charge < -0.3 is 23.5 Å². The van der Waals surface area contributed by atoms with Crippen LogP contribution in [0.15, 0.2) is 40.8 Å². The topological polar surface area (TPSA) is 86.9 Å². The Balaban J connectivity index is 1.79. The standard InChI is InChI=1S/C27H35N3O5/c1-8-32-21-15-19(16-22(33-9-2)24(21)34-10-3)26(31)30(7)17-23-28-29-25(35-23)18-11-13-20(14-12-18)27(4,5)6/h11-16H,8-10,17H2,1-7H3. The predicted molar refractivity (Wildman–Crippen MR) is 134 cm³/mol. The summed E-state index contributed by atoms with van der Waals surface area (Å²) in [5.41, 5.74) is 2.53. The van der Waals surface area contributed by atoms with Crippen LogP contribution >= 0.6 is 0 Å². The molecule has 0 N–H and O–H groups in total. The number of benzene rings is 2. The normalized spacial score (nSPS) is 11.3. The zero-order valence-corrected chi connectivity index (χ0v) is 21.7. The molecule has 0 aliphatic heterocycles. The average molecular weight is 482 g/mol. The minimum atomic E-state index is -0.232. The molecule has 0 spiro atoms. The van der Waals surface area contributed by atoms with Gasteiger partial charge in [-0.05, 0) is 56.0 Å². The maximum Gasteiger partial charge on any atom is 0.254 e. The number of carbonyl (C=O) groups excluding carboxylic acids is 1. The number of ether oxygens (including phenoxy) is 3. The zero-order valence-electron chi connectivity index (χ0n) is 21.7. The molecule has 0 fully saturated rings. The van der Waals surface area contributed by atoms with Gasteiger partial charge in [-0.3, -0.25) is 4.79 Å². The van der Waals surface area contributed by atoms with Gasteiger partial charge >= 0.3 is 0 Å². The van der Waals surface area contributed by atoms with Gasteiger partial charge in [-0.25, -0.2) is 0 Å². The predicted octanol–water partition coefficient (Wildman–Crippen LogP) is 5.50. The molecular weight excluding hydrogens is 446 g/mol. The largest absolute Gasteiger partial charge is 0.490 e. The number of hydrogen-bond donors (Lipinski definition) is 0. The summed E-state index contributed by atoms with van der Waals surface area (Å²) < 4.78 is 23.0. The lowest BCUT2D eigenvalue weighted by molar-refractivity contribution is 0.0772. The van der Waals surface area contributed by atoms with Crippen molar-refractivity contribution < 1.29 is 23.4 Å². The molecule has 3 aromatic rings. The lowest BCUT2D eigenvalue weighted by atomic mass is 9.87. The maximum absolute atomic E-state index is 13.2. The van der Waals surface area contributed by atoms with Gasteiger partial charge in [-0.2, -0.15) is 0 Å². The van der Waals surface area contributed by atoms with Crippen molar-refractivity contribution in [2.24, 2.45) is 0 Å². The Hall–Kier alpha value is -3.55. The van der Waals surface area contributed by atoms with E-state index in [1.165, 1.54) is 10.5 Å². The molecule has 188 valence electrons. The van der Waals surface area contributed by atoms with Gasteiger partial charge in [0.15, 0.2) is 11.5 Å². The fraction of sp³-hybridized carbons (Fsp3) is 0.444. The monoisotopic (exact) mass is 481 g/mol. The average Bonchev–Trinajstić information content (AvgIpc) is 3.28. The summed E-state index contributed by atoms with van der Waals surface area (Å²) in [5.74, 6) is 1.96. The first-order chi connectivity index (χ1) is 16.7. The van der Waals surface area contributed by atoms with Gasteiger partial charge in [0.1, 0.15) is 0 Å². The van der Waals surface area contributed by atoms with Crippen LogP contribution < -0.4 is 14.2 Å². The van der Waals surface area contributed by atoms with Crippen LogP contribution in [0.2, 0.25) is 0 Å². The fourth-order valence-electron chi connectivity index (χ4n) is 3.55. The van der Waals surface area contributed by atoms with E-state index in [-0.39, 0.29) is 17.9 Å². The molecule has 3 rings (SSSR count). The van der Waals surface area contributed by atoms with Gasteiger partial charge in [-0.15, -0.1) is 10.2 Å². The van der Waals surface area contributed by atoms with Gasteiger partial charge in [0, 0.05) is 18.2 Å². The van der Waals surface area contributed by atoms with Gasteiger partial charge in [-0.1, -0.05) is 32.9 Å². The van der Waals surface area contributed by atoms with Crippen LogP contribution in [0.5, 0.6) is 17.2 Å². The van der Waals surface area contributed by atoms with Crippen molar-refractivity contribution in [2.45, 2.75) is 53.5 Å². The van der Waals surface area contributed by atoms with Gasteiger partial charge in [0.25, 0.3) is 5.91 Å². The minimum absolute atomic E-state index is 0.0620. The summed E-state index contributed by atoms with van der Waals surface area (Å²) in [6.45, 7) is 13.6. The third kappa shape index (κ3) is 6.32. The highest BCUT2D eigenvalue weighted by atomic mass is 16.5. The molecule has 8 nitrogen and oxygen atoms in total. The van der Waals surface area contributed by atoms with Crippen LogP contribution in [-0.4, -0.2) is 47.9 Å². The van der Waals surface area contributed by atoms with E-state index < -0.39 is 0 Å². The van der Waals surface area contributed by atoms with Crippen LogP contribution in [-0.2, 0) is 12.0 Å².